The number of hydrogen-bond acceptors (Lipinski definition) is 2. The van der Waals surface area contributed by atoms with E-state index in [1.54, 1.807) is 12.1 Å². The number of hydrogen-bond donors (Lipinski definition) is 0. The highest BCUT2D eigenvalue weighted by atomic mass is 19.1. The van der Waals surface area contributed by atoms with E-state index in [-0.39, 0.29) is 16.4 Å². The Balaban J connectivity index is 1.58. The standard InChI is InChI=1S/C46H37FN4/c1-45(2,3)30-16-19-40-35(24-30)32-11-7-9-13-38(32)50(40)42-22-29(27-49)23-43(44(42)34-18-15-28(26-48)21-37(34)47)51-39-14-10-8-12-33(39)36-25-31(46(4,5)6)17-20-41(36)51/h7-25H,1-6H3. The van der Waals surface area contributed by atoms with E-state index in [2.05, 4.69) is 123 Å². The van der Waals surface area contributed by atoms with Crippen molar-refractivity contribution in [2.24, 2.45) is 0 Å². The highest BCUT2D eigenvalue weighted by Crippen LogP contribution is 2.44. The minimum Gasteiger partial charge on any atom is -0.308 e. The second-order valence-corrected chi connectivity index (χ2v) is 15.5. The molecule has 0 spiro atoms. The summed E-state index contributed by atoms with van der Waals surface area (Å²) in [6.07, 6.45) is 0. The van der Waals surface area contributed by atoms with Crippen LogP contribution < -0.4 is 0 Å². The molecule has 8 rings (SSSR count). The van der Waals surface area contributed by atoms with Crippen LogP contribution in [-0.2, 0) is 10.8 Å². The first-order chi connectivity index (χ1) is 24.4. The van der Waals surface area contributed by atoms with Gasteiger partial charge in [0.1, 0.15) is 5.82 Å². The highest BCUT2D eigenvalue weighted by molar-refractivity contribution is 6.12. The van der Waals surface area contributed by atoms with Crippen molar-refractivity contribution in [3.05, 3.63) is 143 Å². The van der Waals surface area contributed by atoms with E-state index in [0.717, 1.165) is 43.6 Å². The SMILES string of the molecule is CC(C)(C)c1ccc2c(c1)c1ccccc1n2-c1cc(C#N)cc(-n2c3ccccc3c3cc(C(C)(C)C)ccc32)c1-c1ccc(C#N)cc1F. The third-order valence-corrected chi connectivity index (χ3v) is 10.2. The molecule has 51 heavy (non-hydrogen) atoms. The van der Waals surface area contributed by atoms with Gasteiger partial charge < -0.3 is 9.13 Å². The van der Waals surface area contributed by atoms with Gasteiger partial charge in [-0.25, -0.2) is 4.39 Å². The van der Waals surface area contributed by atoms with Crippen LogP contribution in [0.5, 0.6) is 0 Å². The molecule has 0 aliphatic carbocycles. The third kappa shape index (κ3) is 5.08. The van der Waals surface area contributed by atoms with Crippen molar-refractivity contribution < 1.29 is 4.39 Å². The van der Waals surface area contributed by atoms with Gasteiger partial charge in [-0.1, -0.05) is 90.1 Å². The predicted molar refractivity (Wildman–Crippen MR) is 207 cm³/mol. The van der Waals surface area contributed by atoms with Crippen molar-refractivity contribution in [2.45, 2.75) is 52.4 Å². The molecule has 5 heteroatoms. The van der Waals surface area contributed by atoms with E-state index in [1.807, 2.05) is 36.4 Å². The summed E-state index contributed by atoms with van der Waals surface area (Å²) in [7, 11) is 0. The molecule has 0 atom stereocenters. The van der Waals surface area contributed by atoms with E-state index in [0.29, 0.717) is 28.1 Å². The Morgan fingerprint density at radius 3 is 1.37 bits per heavy atom. The molecule has 0 bridgehead atoms. The molecule has 8 aromatic rings. The summed E-state index contributed by atoms with van der Waals surface area (Å²) in [5.74, 6) is -0.507. The van der Waals surface area contributed by atoms with Crippen molar-refractivity contribution >= 4 is 43.6 Å². The van der Waals surface area contributed by atoms with E-state index in [4.69, 9.17) is 0 Å². The van der Waals surface area contributed by atoms with Gasteiger partial charge in [0, 0.05) is 32.7 Å². The molecule has 6 aromatic carbocycles. The van der Waals surface area contributed by atoms with Gasteiger partial charge in [0.05, 0.1) is 56.7 Å². The second-order valence-electron chi connectivity index (χ2n) is 15.5. The molecular weight excluding hydrogens is 628 g/mol. The highest BCUT2D eigenvalue weighted by Gasteiger charge is 2.26. The predicted octanol–water partition coefficient (Wildman–Crippen LogP) is 12.0. The summed E-state index contributed by atoms with van der Waals surface area (Å²) in [5, 5.41) is 24.6. The fourth-order valence-corrected chi connectivity index (χ4v) is 7.49. The summed E-state index contributed by atoms with van der Waals surface area (Å²) >= 11 is 0. The van der Waals surface area contributed by atoms with Crippen LogP contribution in [0.3, 0.4) is 0 Å². The molecule has 0 saturated carbocycles. The van der Waals surface area contributed by atoms with Crippen LogP contribution in [0.15, 0.2) is 115 Å². The van der Waals surface area contributed by atoms with Crippen molar-refractivity contribution in [1.29, 1.82) is 10.5 Å². The van der Waals surface area contributed by atoms with E-state index < -0.39 is 5.82 Å². The first kappa shape index (κ1) is 32.1. The van der Waals surface area contributed by atoms with Crippen LogP contribution in [0.4, 0.5) is 4.39 Å². The molecule has 0 N–H and O–H groups in total. The lowest BCUT2D eigenvalue weighted by molar-refractivity contribution is 0.591. The smallest absolute Gasteiger partial charge is 0.132 e. The van der Waals surface area contributed by atoms with Crippen molar-refractivity contribution in [2.75, 3.05) is 0 Å². The minimum atomic E-state index is -0.507. The zero-order valence-electron chi connectivity index (χ0n) is 29.6. The monoisotopic (exact) mass is 664 g/mol. The number of rotatable bonds is 3. The number of fused-ring (bicyclic) bond motifs is 6. The van der Waals surface area contributed by atoms with Gasteiger partial charge in [0.25, 0.3) is 0 Å². The number of nitrogens with zero attached hydrogens (tertiary/aromatic N) is 4. The van der Waals surface area contributed by atoms with Crippen molar-refractivity contribution in [1.82, 2.24) is 9.13 Å². The maximum absolute atomic E-state index is 16.5. The Labute approximate surface area is 297 Å². The summed E-state index contributed by atoms with van der Waals surface area (Å²) in [5.41, 5.74) is 9.13. The van der Waals surface area contributed by atoms with Gasteiger partial charge in [-0.15, -0.1) is 0 Å². The molecule has 0 aliphatic heterocycles. The maximum Gasteiger partial charge on any atom is 0.132 e. The third-order valence-electron chi connectivity index (χ3n) is 10.2. The lowest BCUT2D eigenvalue weighted by Gasteiger charge is -2.22. The average molecular weight is 665 g/mol. The van der Waals surface area contributed by atoms with E-state index in [1.165, 1.54) is 17.2 Å². The van der Waals surface area contributed by atoms with Gasteiger partial charge >= 0.3 is 0 Å². The number of aromatic nitrogens is 2. The molecule has 248 valence electrons. The molecule has 0 aliphatic rings. The molecule has 4 nitrogen and oxygen atoms in total. The lowest BCUT2D eigenvalue weighted by Crippen LogP contribution is -2.11. The first-order valence-corrected chi connectivity index (χ1v) is 17.3. The molecule has 0 radical (unpaired) electrons. The Kier molecular flexibility index (Phi) is 7.19. The Hall–Kier alpha value is -6.17. The number of benzene rings is 6. The molecule has 0 saturated heterocycles. The Bertz CT molecular complexity index is 2650. The number of para-hydroxylation sites is 2. The summed E-state index contributed by atoms with van der Waals surface area (Å²) in [6.45, 7) is 13.2. The Morgan fingerprint density at radius 2 is 0.941 bits per heavy atom. The average Bonchev–Trinajstić information content (AvgIpc) is 3.62. The van der Waals surface area contributed by atoms with Crippen LogP contribution in [0.2, 0.25) is 0 Å². The Morgan fingerprint density at radius 1 is 0.490 bits per heavy atom. The maximum atomic E-state index is 16.5. The number of nitriles is 2. The topological polar surface area (TPSA) is 57.4 Å². The van der Waals surface area contributed by atoms with Gasteiger partial charge in [-0.2, -0.15) is 10.5 Å². The van der Waals surface area contributed by atoms with Crippen LogP contribution in [-0.4, -0.2) is 9.13 Å². The number of halogens is 1. The molecule has 0 unspecified atom stereocenters. The second kappa shape index (κ2) is 11.4. The normalized spacial score (nSPS) is 12.2. The van der Waals surface area contributed by atoms with Gasteiger partial charge in [0.15, 0.2) is 0 Å². The quantitative estimate of drug-likeness (QED) is 0.189. The summed E-state index contributed by atoms with van der Waals surface area (Å²) in [4.78, 5) is 0. The van der Waals surface area contributed by atoms with E-state index >= 15 is 4.39 Å². The fraction of sp³-hybridized carbons (Fsp3) is 0.174. The molecule has 2 heterocycles. The van der Waals surface area contributed by atoms with Crippen molar-refractivity contribution in [3.8, 4) is 34.6 Å². The van der Waals surface area contributed by atoms with Gasteiger partial charge in [0.2, 0.25) is 0 Å². The van der Waals surface area contributed by atoms with Crippen molar-refractivity contribution in [3.63, 3.8) is 0 Å². The van der Waals surface area contributed by atoms with Crippen LogP contribution in [0.1, 0.15) is 63.8 Å². The molecule has 0 amide bonds. The summed E-state index contributed by atoms with van der Waals surface area (Å²) < 4.78 is 20.9. The molecular formula is C46H37FN4. The zero-order valence-corrected chi connectivity index (χ0v) is 29.6. The lowest BCUT2D eigenvalue weighted by atomic mass is 9.86. The molecule has 2 aromatic heterocycles. The largest absolute Gasteiger partial charge is 0.308 e. The molecule has 0 fully saturated rings. The van der Waals surface area contributed by atoms with Gasteiger partial charge in [-0.05, 0) is 88.7 Å². The minimum absolute atomic E-state index is 0.0640. The first-order valence-electron chi connectivity index (χ1n) is 17.3. The van der Waals surface area contributed by atoms with Crippen LogP contribution in [0, 0.1) is 28.5 Å². The van der Waals surface area contributed by atoms with Gasteiger partial charge in [-0.3, -0.25) is 0 Å². The van der Waals surface area contributed by atoms with Crippen LogP contribution >= 0.6 is 0 Å². The van der Waals surface area contributed by atoms with E-state index in [9.17, 15) is 10.5 Å². The fourth-order valence-electron chi connectivity index (χ4n) is 7.49. The van der Waals surface area contributed by atoms with Crippen LogP contribution in [0.25, 0.3) is 66.1 Å². The zero-order chi connectivity index (χ0) is 35.8. The summed E-state index contributed by atoms with van der Waals surface area (Å²) in [6, 6.07) is 42.5.